The van der Waals surface area contributed by atoms with E-state index < -0.39 is 0 Å². The normalized spacial score (nSPS) is 29.6. The van der Waals surface area contributed by atoms with E-state index in [2.05, 4.69) is 47.5 Å². The summed E-state index contributed by atoms with van der Waals surface area (Å²) in [5.74, 6) is 0.638. The average molecular weight is 286 g/mol. The number of carbonyl (C=O) groups excluding carboxylic acids is 1. The molecule has 2 aliphatic heterocycles. The molecule has 1 amide bonds. The van der Waals surface area contributed by atoms with Gasteiger partial charge in [-0.05, 0) is 51.1 Å². The number of hydrogen-bond donors (Lipinski definition) is 1. The molecule has 0 radical (unpaired) electrons. The second kappa shape index (κ2) is 6.61. The Hall–Kier alpha value is -1.35. The summed E-state index contributed by atoms with van der Waals surface area (Å²) < 4.78 is 0. The second-order valence-corrected chi connectivity index (χ2v) is 6.59. The van der Waals surface area contributed by atoms with Crippen LogP contribution in [0.5, 0.6) is 0 Å². The Morgan fingerprint density at radius 3 is 2.86 bits per heavy atom. The van der Waals surface area contributed by atoms with Gasteiger partial charge in [0, 0.05) is 24.5 Å². The summed E-state index contributed by atoms with van der Waals surface area (Å²) >= 11 is 0. The molecule has 0 aromatic heterocycles. The standard InChI is InChI=1S/C18H26N2O/c1-14-12-16(9-10-19-14)18(21)20-11-5-8-17(20)13-15-6-3-2-4-7-15/h2-4,6-7,14,16-17,19H,5,8-13H2,1H3. The summed E-state index contributed by atoms with van der Waals surface area (Å²) in [4.78, 5) is 15.0. The van der Waals surface area contributed by atoms with Crippen LogP contribution in [0.3, 0.4) is 0 Å². The van der Waals surface area contributed by atoms with Crippen molar-refractivity contribution >= 4 is 5.91 Å². The number of benzene rings is 1. The lowest BCUT2D eigenvalue weighted by Crippen LogP contribution is -2.46. The molecular formula is C18H26N2O. The first-order valence-electron chi connectivity index (χ1n) is 8.32. The first-order valence-corrected chi connectivity index (χ1v) is 8.32. The maximum absolute atomic E-state index is 12.8. The predicted molar refractivity (Wildman–Crippen MR) is 85.1 cm³/mol. The molecular weight excluding hydrogens is 260 g/mol. The van der Waals surface area contributed by atoms with Crippen molar-refractivity contribution in [3.05, 3.63) is 35.9 Å². The van der Waals surface area contributed by atoms with Crippen molar-refractivity contribution < 1.29 is 4.79 Å². The van der Waals surface area contributed by atoms with Gasteiger partial charge in [-0.1, -0.05) is 30.3 Å². The number of likely N-dealkylation sites (tertiary alicyclic amines) is 1. The van der Waals surface area contributed by atoms with Crippen molar-refractivity contribution in [1.29, 1.82) is 0 Å². The molecule has 0 saturated carbocycles. The maximum Gasteiger partial charge on any atom is 0.226 e. The third-order valence-corrected chi connectivity index (χ3v) is 4.95. The van der Waals surface area contributed by atoms with Crippen molar-refractivity contribution in [2.75, 3.05) is 13.1 Å². The first-order chi connectivity index (χ1) is 10.2. The summed E-state index contributed by atoms with van der Waals surface area (Å²) in [6.07, 6.45) is 5.31. The Kier molecular flexibility index (Phi) is 4.59. The van der Waals surface area contributed by atoms with Crippen LogP contribution in [0.15, 0.2) is 30.3 Å². The summed E-state index contributed by atoms with van der Waals surface area (Å²) in [6, 6.07) is 11.5. The molecule has 21 heavy (non-hydrogen) atoms. The Bertz CT molecular complexity index is 473. The van der Waals surface area contributed by atoms with Gasteiger partial charge in [0.25, 0.3) is 0 Å². The van der Waals surface area contributed by atoms with E-state index in [0.717, 1.165) is 45.2 Å². The molecule has 2 aliphatic rings. The number of carbonyl (C=O) groups is 1. The molecule has 3 nitrogen and oxygen atoms in total. The zero-order chi connectivity index (χ0) is 14.7. The van der Waals surface area contributed by atoms with Crippen molar-refractivity contribution in [3.63, 3.8) is 0 Å². The van der Waals surface area contributed by atoms with E-state index in [9.17, 15) is 4.79 Å². The lowest BCUT2D eigenvalue weighted by molar-refractivity contribution is -0.137. The van der Waals surface area contributed by atoms with Gasteiger partial charge < -0.3 is 10.2 Å². The number of piperidine rings is 1. The van der Waals surface area contributed by atoms with Crippen LogP contribution in [-0.4, -0.2) is 36.0 Å². The second-order valence-electron chi connectivity index (χ2n) is 6.59. The summed E-state index contributed by atoms with van der Waals surface area (Å²) in [5.41, 5.74) is 1.35. The zero-order valence-electron chi connectivity index (χ0n) is 12.9. The molecule has 0 bridgehead atoms. The molecule has 3 heteroatoms. The van der Waals surface area contributed by atoms with Gasteiger partial charge in [-0.2, -0.15) is 0 Å². The highest BCUT2D eigenvalue weighted by Crippen LogP contribution is 2.26. The van der Waals surface area contributed by atoms with Crippen LogP contribution < -0.4 is 5.32 Å². The Balaban J connectivity index is 1.64. The topological polar surface area (TPSA) is 32.3 Å². The van der Waals surface area contributed by atoms with Crippen LogP contribution in [0.2, 0.25) is 0 Å². The van der Waals surface area contributed by atoms with E-state index in [1.165, 1.54) is 5.56 Å². The largest absolute Gasteiger partial charge is 0.339 e. The van der Waals surface area contributed by atoms with E-state index in [1.54, 1.807) is 0 Å². The summed E-state index contributed by atoms with van der Waals surface area (Å²) in [7, 11) is 0. The number of rotatable bonds is 3. The molecule has 3 atom stereocenters. The van der Waals surface area contributed by atoms with Crippen LogP contribution in [0.4, 0.5) is 0 Å². The van der Waals surface area contributed by atoms with Gasteiger partial charge >= 0.3 is 0 Å². The minimum atomic E-state index is 0.234. The van der Waals surface area contributed by atoms with Crippen molar-refractivity contribution in [3.8, 4) is 0 Å². The summed E-state index contributed by atoms with van der Waals surface area (Å²) in [5, 5.41) is 3.44. The lowest BCUT2D eigenvalue weighted by Gasteiger charge is -2.33. The highest BCUT2D eigenvalue weighted by Gasteiger charge is 2.34. The quantitative estimate of drug-likeness (QED) is 0.926. The lowest BCUT2D eigenvalue weighted by atomic mass is 9.91. The van der Waals surface area contributed by atoms with Crippen LogP contribution in [-0.2, 0) is 11.2 Å². The third-order valence-electron chi connectivity index (χ3n) is 4.95. The fourth-order valence-electron chi connectivity index (χ4n) is 3.81. The molecule has 3 unspecified atom stereocenters. The van der Waals surface area contributed by atoms with E-state index in [-0.39, 0.29) is 5.92 Å². The molecule has 3 rings (SSSR count). The SMILES string of the molecule is CC1CC(C(=O)N2CCCC2Cc2ccccc2)CCN1. The monoisotopic (exact) mass is 286 g/mol. The van der Waals surface area contributed by atoms with Crippen molar-refractivity contribution in [2.24, 2.45) is 5.92 Å². The third kappa shape index (κ3) is 3.46. The molecule has 1 aromatic rings. The van der Waals surface area contributed by atoms with E-state index >= 15 is 0 Å². The van der Waals surface area contributed by atoms with Crippen molar-refractivity contribution in [2.45, 2.75) is 51.1 Å². The van der Waals surface area contributed by atoms with E-state index in [4.69, 9.17) is 0 Å². The van der Waals surface area contributed by atoms with Gasteiger partial charge in [-0.15, -0.1) is 0 Å². The van der Waals surface area contributed by atoms with Crippen LogP contribution in [0.1, 0.15) is 38.2 Å². The molecule has 114 valence electrons. The minimum Gasteiger partial charge on any atom is -0.339 e. The Labute approximate surface area is 127 Å². The molecule has 2 fully saturated rings. The van der Waals surface area contributed by atoms with Crippen LogP contribution in [0.25, 0.3) is 0 Å². The number of hydrogen-bond acceptors (Lipinski definition) is 2. The fraction of sp³-hybridized carbons (Fsp3) is 0.611. The Morgan fingerprint density at radius 1 is 1.29 bits per heavy atom. The predicted octanol–water partition coefficient (Wildman–Crippen LogP) is 2.61. The van der Waals surface area contributed by atoms with Crippen molar-refractivity contribution in [1.82, 2.24) is 10.2 Å². The Morgan fingerprint density at radius 2 is 2.10 bits per heavy atom. The van der Waals surface area contributed by atoms with Gasteiger partial charge in [0.05, 0.1) is 0 Å². The van der Waals surface area contributed by atoms with Gasteiger partial charge in [0.2, 0.25) is 5.91 Å². The van der Waals surface area contributed by atoms with E-state index in [0.29, 0.717) is 18.0 Å². The molecule has 1 N–H and O–H groups in total. The number of nitrogens with one attached hydrogen (secondary N) is 1. The summed E-state index contributed by atoms with van der Waals surface area (Å²) in [6.45, 7) is 4.12. The van der Waals surface area contributed by atoms with Crippen LogP contribution >= 0.6 is 0 Å². The molecule has 1 aromatic carbocycles. The van der Waals surface area contributed by atoms with Gasteiger partial charge in [-0.25, -0.2) is 0 Å². The minimum absolute atomic E-state index is 0.234. The van der Waals surface area contributed by atoms with Gasteiger partial charge in [0.15, 0.2) is 0 Å². The van der Waals surface area contributed by atoms with Gasteiger partial charge in [0.1, 0.15) is 0 Å². The highest BCUT2D eigenvalue weighted by molar-refractivity contribution is 5.79. The zero-order valence-corrected chi connectivity index (χ0v) is 12.9. The molecule has 0 aliphatic carbocycles. The molecule has 2 saturated heterocycles. The van der Waals surface area contributed by atoms with Crippen LogP contribution in [0, 0.1) is 5.92 Å². The van der Waals surface area contributed by atoms with Gasteiger partial charge in [-0.3, -0.25) is 4.79 Å². The highest BCUT2D eigenvalue weighted by atomic mass is 16.2. The average Bonchev–Trinajstić information content (AvgIpc) is 2.95. The number of nitrogens with zero attached hydrogens (tertiary/aromatic N) is 1. The number of amides is 1. The molecule has 0 spiro atoms. The fourth-order valence-corrected chi connectivity index (χ4v) is 3.81. The smallest absolute Gasteiger partial charge is 0.226 e. The maximum atomic E-state index is 12.8. The molecule has 2 heterocycles. The first kappa shape index (κ1) is 14.6. The van der Waals surface area contributed by atoms with E-state index in [1.807, 2.05) is 0 Å².